The molecule has 1 aliphatic carbocycles. The number of carbonyl (C=O) groups excluding carboxylic acids is 1. The van der Waals surface area contributed by atoms with E-state index in [9.17, 15) is 10.1 Å². The maximum absolute atomic E-state index is 12.8. The number of nitrogens with zero attached hydrogens (tertiary/aromatic N) is 1. The van der Waals surface area contributed by atoms with Crippen LogP contribution in [0.3, 0.4) is 0 Å². The second-order valence-electron chi connectivity index (χ2n) is 6.84. The highest BCUT2D eigenvalue weighted by Gasteiger charge is 2.42. The van der Waals surface area contributed by atoms with Gasteiger partial charge in [-0.3, -0.25) is 4.79 Å². The molecule has 0 heterocycles. The summed E-state index contributed by atoms with van der Waals surface area (Å²) in [6, 6.07) is 7.24. The van der Waals surface area contributed by atoms with Gasteiger partial charge >= 0.3 is 0 Å². The van der Waals surface area contributed by atoms with Gasteiger partial charge in [-0.2, -0.15) is 5.26 Å². The molecular formula is C19H26N2O3. The van der Waals surface area contributed by atoms with Crippen LogP contribution < -0.4 is 10.1 Å². The van der Waals surface area contributed by atoms with Crippen LogP contribution in [0.25, 0.3) is 0 Å². The number of anilines is 1. The molecule has 1 N–H and O–H groups in total. The van der Waals surface area contributed by atoms with Crippen molar-refractivity contribution in [3.05, 3.63) is 23.8 Å². The maximum atomic E-state index is 12.8. The molecular weight excluding hydrogens is 304 g/mol. The van der Waals surface area contributed by atoms with Crippen molar-refractivity contribution >= 4 is 11.6 Å². The molecule has 0 bridgehead atoms. The van der Waals surface area contributed by atoms with Crippen LogP contribution in [0.5, 0.6) is 5.75 Å². The van der Waals surface area contributed by atoms with Gasteiger partial charge < -0.3 is 14.8 Å². The van der Waals surface area contributed by atoms with Crippen molar-refractivity contribution in [3.63, 3.8) is 0 Å². The molecule has 1 saturated carbocycles. The molecule has 1 aromatic rings. The third-order valence-electron chi connectivity index (χ3n) is 4.48. The van der Waals surface area contributed by atoms with Gasteiger partial charge in [0, 0.05) is 12.8 Å². The lowest BCUT2D eigenvalue weighted by Gasteiger charge is -2.37. The summed E-state index contributed by atoms with van der Waals surface area (Å²) in [6.45, 7) is 5.96. The lowest BCUT2D eigenvalue weighted by Crippen LogP contribution is -2.47. The molecule has 2 rings (SSSR count). The molecule has 0 aromatic heterocycles. The molecule has 130 valence electrons. The van der Waals surface area contributed by atoms with Crippen LogP contribution in [0.4, 0.5) is 5.69 Å². The van der Waals surface area contributed by atoms with Gasteiger partial charge in [-0.05, 0) is 57.2 Å². The number of hydrogen-bond donors (Lipinski definition) is 1. The minimum atomic E-state index is -0.780. The normalized spacial score (nSPS) is 23.6. The highest BCUT2D eigenvalue weighted by molar-refractivity contribution is 5.97. The van der Waals surface area contributed by atoms with E-state index in [0.29, 0.717) is 22.9 Å². The van der Waals surface area contributed by atoms with Crippen molar-refractivity contribution in [2.45, 2.75) is 58.2 Å². The molecule has 0 aliphatic heterocycles. The van der Waals surface area contributed by atoms with Crippen LogP contribution in [0.2, 0.25) is 0 Å². The van der Waals surface area contributed by atoms with Crippen LogP contribution in [0, 0.1) is 17.2 Å². The van der Waals surface area contributed by atoms with E-state index in [1.54, 1.807) is 25.3 Å². The molecule has 5 nitrogen and oxygen atoms in total. The average Bonchev–Trinajstić information content (AvgIpc) is 2.55. The summed E-state index contributed by atoms with van der Waals surface area (Å²) in [5, 5.41) is 12.2. The molecule has 24 heavy (non-hydrogen) atoms. The zero-order valence-corrected chi connectivity index (χ0v) is 14.9. The van der Waals surface area contributed by atoms with Crippen LogP contribution in [0.15, 0.2) is 18.2 Å². The van der Waals surface area contributed by atoms with Crippen molar-refractivity contribution < 1.29 is 14.3 Å². The molecule has 0 saturated heterocycles. The van der Waals surface area contributed by atoms with E-state index >= 15 is 0 Å². The summed E-state index contributed by atoms with van der Waals surface area (Å²) in [7, 11) is 1.60. The summed E-state index contributed by atoms with van der Waals surface area (Å²) in [6.07, 6.45) is 3.53. The number of ether oxygens (including phenoxy) is 2. The van der Waals surface area contributed by atoms with E-state index in [4.69, 9.17) is 9.47 Å². The van der Waals surface area contributed by atoms with Gasteiger partial charge in [-0.15, -0.1) is 0 Å². The maximum Gasteiger partial charge on any atom is 0.256 e. The van der Waals surface area contributed by atoms with E-state index in [1.165, 1.54) is 0 Å². The van der Waals surface area contributed by atoms with Gasteiger partial charge in [0.25, 0.3) is 5.91 Å². The Hall–Kier alpha value is -2.06. The van der Waals surface area contributed by atoms with Crippen molar-refractivity contribution in [3.8, 4) is 11.8 Å². The molecule has 0 spiro atoms. The Morgan fingerprint density at radius 1 is 1.46 bits per heavy atom. The number of benzene rings is 1. The van der Waals surface area contributed by atoms with Gasteiger partial charge in [0.2, 0.25) is 0 Å². The van der Waals surface area contributed by atoms with Gasteiger partial charge in [0.05, 0.1) is 11.7 Å². The van der Waals surface area contributed by atoms with Crippen molar-refractivity contribution in [1.82, 2.24) is 0 Å². The predicted octanol–water partition coefficient (Wildman–Crippen LogP) is 3.88. The SMILES string of the molecule is CO[C@]1(C(=O)Nc2ccc(OC(C)C)c(C#N)c2)CCC[C@H](C)C1. The number of hydrogen-bond acceptors (Lipinski definition) is 4. The summed E-state index contributed by atoms with van der Waals surface area (Å²) in [5.74, 6) is 0.845. The Bertz CT molecular complexity index is 636. The Labute approximate surface area is 144 Å². The van der Waals surface area contributed by atoms with Crippen LogP contribution in [-0.2, 0) is 9.53 Å². The first-order valence-electron chi connectivity index (χ1n) is 8.47. The summed E-state index contributed by atoms with van der Waals surface area (Å²) >= 11 is 0. The van der Waals surface area contributed by atoms with Gasteiger partial charge in [0.15, 0.2) is 0 Å². The first-order valence-corrected chi connectivity index (χ1v) is 8.47. The Balaban J connectivity index is 2.18. The topological polar surface area (TPSA) is 71.3 Å². The first-order chi connectivity index (χ1) is 11.4. The van der Waals surface area contributed by atoms with E-state index in [0.717, 1.165) is 25.7 Å². The largest absolute Gasteiger partial charge is 0.490 e. The molecule has 0 radical (unpaired) electrons. The smallest absolute Gasteiger partial charge is 0.256 e. The molecule has 2 atom stereocenters. The summed E-state index contributed by atoms with van der Waals surface area (Å²) in [4.78, 5) is 12.8. The number of nitrogens with one attached hydrogen (secondary N) is 1. The highest BCUT2D eigenvalue weighted by atomic mass is 16.5. The molecule has 1 aromatic carbocycles. The van der Waals surface area contributed by atoms with Crippen molar-refractivity contribution in [2.24, 2.45) is 5.92 Å². The summed E-state index contributed by atoms with van der Waals surface area (Å²) in [5.41, 5.74) is 0.213. The second-order valence-corrected chi connectivity index (χ2v) is 6.84. The average molecular weight is 330 g/mol. The zero-order valence-electron chi connectivity index (χ0n) is 14.9. The lowest BCUT2D eigenvalue weighted by atomic mass is 9.78. The molecule has 0 unspecified atom stereocenters. The molecule has 1 fully saturated rings. The number of amides is 1. The van der Waals surface area contributed by atoms with Crippen molar-refractivity contribution in [1.29, 1.82) is 5.26 Å². The Kier molecular flexibility index (Phi) is 5.84. The minimum Gasteiger partial charge on any atom is -0.490 e. The third-order valence-corrected chi connectivity index (χ3v) is 4.48. The standard InChI is InChI=1S/C19H26N2O3/c1-13(2)24-17-8-7-16(10-15(17)12-20)21-18(22)19(23-4)9-5-6-14(3)11-19/h7-8,10,13-14H,5-6,9,11H2,1-4H3,(H,21,22)/t14-,19+/m0/s1. The first kappa shape index (κ1) is 18.3. The third kappa shape index (κ3) is 4.07. The molecule has 1 amide bonds. The predicted molar refractivity (Wildman–Crippen MR) is 92.9 cm³/mol. The number of carbonyl (C=O) groups is 1. The zero-order chi connectivity index (χ0) is 17.7. The van der Waals surface area contributed by atoms with Gasteiger partial charge in [-0.1, -0.05) is 13.3 Å². The number of methoxy groups -OCH3 is 1. The highest BCUT2D eigenvalue weighted by Crippen LogP contribution is 2.36. The second kappa shape index (κ2) is 7.67. The molecule has 1 aliphatic rings. The number of rotatable bonds is 5. The van der Waals surface area contributed by atoms with Gasteiger partial charge in [-0.25, -0.2) is 0 Å². The van der Waals surface area contributed by atoms with E-state index in [2.05, 4.69) is 18.3 Å². The van der Waals surface area contributed by atoms with Crippen LogP contribution in [-0.4, -0.2) is 24.7 Å². The Morgan fingerprint density at radius 2 is 2.21 bits per heavy atom. The fourth-order valence-electron chi connectivity index (χ4n) is 3.28. The monoisotopic (exact) mass is 330 g/mol. The van der Waals surface area contributed by atoms with E-state index in [-0.39, 0.29) is 12.0 Å². The fraction of sp³-hybridized carbons (Fsp3) is 0.579. The number of nitriles is 1. The van der Waals surface area contributed by atoms with E-state index in [1.807, 2.05) is 13.8 Å². The molecule has 5 heteroatoms. The summed E-state index contributed by atoms with van der Waals surface area (Å²) < 4.78 is 11.2. The van der Waals surface area contributed by atoms with Crippen molar-refractivity contribution in [2.75, 3.05) is 12.4 Å². The van der Waals surface area contributed by atoms with E-state index < -0.39 is 5.60 Å². The quantitative estimate of drug-likeness (QED) is 0.889. The minimum absolute atomic E-state index is 0.0157. The fourth-order valence-corrected chi connectivity index (χ4v) is 3.28. The van der Waals surface area contributed by atoms with Crippen LogP contribution in [0.1, 0.15) is 52.0 Å². The Morgan fingerprint density at radius 3 is 2.79 bits per heavy atom. The van der Waals surface area contributed by atoms with Gasteiger partial charge in [0.1, 0.15) is 17.4 Å². The van der Waals surface area contributed by atoms with Crippen LogP contribution >= 0.6 is 0 Å². The lowest BCUT2D eigenvalue weighted by molar-refractivity contribution is -0.143.